The molecule has 2 atom stereocenters. The second-order valence-corrected chi connectivity index (χ2v) is 7.70. The zero-order valence-corrected chi connectivity index (χ0v) is 16.5. The molecule has 1 aromatic heterocycles. The molecule has 2 aliphatic rings. The number of piperidine rings is 2. The minimum absolute atomic E-state index is 0.0905. The number of carbonyl (C=O) groups excluding carboxylic acids is 2. The Kier molecular flexibility index (Phi) is 6.64. The first-order chi connectivity index (χ1) is 13.8. The first-order valence-electron chi connectivity index (χ1n) is 10.0. The molecule has 0 saturated carbocycles. The van der Waals surface area contributed by atoms with Crippen molar-refractivity contribution in [3.63, 3.8) is 0 Å². The second-order valence-electron chi connectivity index (χ2n) is 7.70. The van der Waals surface area contributed by atoms with Gasteiger partial charge < -0.3 is 14.5 Å². The highest BCUT2D eigenvalue weighted by Gasteiger charge is 2.37. The van der Waals surface area contributed by atoms with E-state index in [-0.39, 0.29) is 30.9 Å². The zero-order chi connectivity index (χ0) is 21.0. The van der Waals surface area contributed by atoms with Crippen molar-refractivity contribution < 1.29 is 27.5 Å². The fourth-order valence-corrected chi connectivity index (χ4v) is 4.03. The highest BCUT2D eigenvalue weighted by molar-refractivity contribution is 5.82. The van der Waals surface area contributed by atoms with Crippen LogP contribution in [-0.2, 0) is 20.5 Å². The Morgan fingerprint density at radius 2 is 2.00 bits per heavy atom. The number of alkyl halides is 3. The van der Waals surface area contributed by atoms with Crippen LogP contribution in [0.15, 0.2) is 18.3 Å². The number of halogens is 3. The highest BCUT2D eigenvalue weighted by atomic mass is 19.4. The predicted molar refractivity (Wildman–Crippen MR) is 100 cm³/mol. The van der Waals surface area contributed by atoms with Crippen molar-refractivity contribution in [3.05, 3.63) is 23.9 Å². The molecular weight excluding hydrogens is 387 g/mol. The summed E-state index contributed by atoms with van der Waals surface area (Å²) in [7, 11) is 0. The van der Waals surface area contributed by atoms with Gasteiger partial charge in [-0.25, -0.2) is 4.98 Å². The SMILES string of the molecule is CC1CCCCN1C(=O)COC(=O)C1CCCN(c2ncccc2C(F)(F)F)C1. The molecule has 9 heteroatoms. The molecular formula is C20H26F3N3O3. The van der Waals surface area contributed by atoms with E-state index in [4.69, 9.17) is 4.74 Å². The van der Waals surface area contributed by atoms with Crippen LogP contribution >= 0.6 is 0 Å². The van der Waals surface area contributed by atoms with Crippen molar-refractivity contribution in [2.45, 2.75) is 51.2 Å². The van der Waals surface area contributed by atoms with Crippen LogP contribution in [0.3, 0.4) is 0 Å². The van der Waals surface area contributed by atoms with Gasteiger partial charge in [0.2, 0.25) is 0 Å². The van der Waals surface area contributed by atoms with Crippen LogP contribution in [-0.4, -0.2) is 54.0 Å². The van der Waals surface area contributed by atoms with Crippen molar-refractivity contribution in [1.29, 1.82) is 0 Å². The number of hydrogen-bond acceptors (Lipinski definition) is 5. The fourth-order valence-electron chi connectivity index (χ4n) is 4.03. The number of anilines is 1. The van der Waals surface area contributed by atoms with Crippen LogP contribution in [0.1, 0.15) is 44.6 Å². The summed E-state index contributed by atoms with van der Waals surface area (Å²) >= 11 is 0. The molecule has 3 rings (SSSR count). The molecule has 0 aromatic carbocycles. The van der Waals surface area contributed by atoms with E-state index < -0.39 is 23.6 Å². The number of pyridine rings is 1. The number of esters is 1. The largest absolute Gasteiger partial charge is 0.455 e. The number of ether oxygens (including phenoxy) is 1. The van der Waals surface area contributed by atoms with Gasteiger partial charge in [0.05, 0.1) is 11.5 Å². The van der Waals surface area contributed by atoms with E-state index in [1.165, 1.54) is 17.2 Å². The lowest BCUT2D eigenvalue weighted by Gasteiger charge is -2.34. The van der Waals surface area contributed by atoms with Gasteiger partial charge in [0, 0.05) is 31.9 Å². The molecule has 2 saturated heterocycles. The van der Waals surface area contributed by atoms with E-state index in [9.17, 15) is 22.8 Å². The Bertz CT molecular complexity index is 741. The van der Waals surface area contributed by atoms with Crippen molar-refractivity contribution in [3.8, 4) is 0 Å². The third-order valence-corrected chi connectivity index (χ3v) is 5.61. The molecule has 2 unspecified atom stereocenters. The zero-order valence-electron chi connectivity index (χ0n) is 16.5. The summed E-state index contributed by atoms with van der Waals surface area (Å²) in [5.74, 6) is -1.52. The number of amides is 1. The van der Waals surface area contributed by atoms with Crippen molar-refractivity contribution in [2.24, 2.45) is 5.92 Å². The standard InChI is InChI=1S/C20H26F3N3O3/c1-14-6-2-3-11-26(14)17(27)13-29-19(28)15-7-5-10-25(12-15)18-16(20(21,22)23)8-4-9-24-18/h4,8-9,14-15H,2-3,5-7,10-13H2,1H3. The maximum absolute atomic E-state index is 13.3. The molecule has 3 heterocycles. The van der Waals surface area contributed by atoms with Crippen LogP contribution in [0.2, 0.25) is 0 Å². The van der Waals surface area contributed by atoms with E-state index in [0.717, 1.165) is 25.3 Å². The minimum Gasteiger partial charge on any atom is -0.455 e. The van der Waals surface area contributed by atoms with Gasteiger partial charge in [0.25, 0.3) is 5.91 Å². The minimum atomic E-state index is -4.52. The summed E-state index contributed by atoms with van der Waals surface area (Å²) < 4.78 is 45.1. The van der Waals surface area contributed by atoms with Crippen molar-refractivity contribution in [1.82, 2.24) is 9.88 Å². The van der Waals surface area contributed by atoms with E-state index in [0.29, 0.717) is 25.9 Å². The lowest BCUT2D eigenvalue weighted by atomic mass is 9.97. The maximum Gasteiger partial charge on any atom is 0.419 e. The molecule has 0 aliphatic carbocycles. The summed E-state index contributed by atoms with van der Waals surface area (Å²) in [5, 5.41) is 0. The van der Waals surface area contributed by atoms with E-state index in [2.05, 4.69) is 4.98 Å². The Balaban J connectivity index is 1.59. The molecule has 0 N–H and O–H groups in total. The summed E-state index contributed by atoms with van der Waals surface area (Å²) in [6.07, 6.45) is 0.800. The van der Waals surface area contributed by atoms with Gasteiger partial charge in [-0.3, -0.25) is 9.59 Å². The fraction of sp³-hybridized carbons (Fsp3) is 0.650. The van der Waals surface area contributed by atoms with Crippen LogP contribution in [0.5, 0.6) is 0 Å². The molecule has 29 heavy (non-hydrogen) atoms. The molecule has 0 spiro atoms. The second kappa shape index (κ2) is 9.00. The molecule has 1 amide bonds. The van der Waals surface area contributed by atoms with Crippen LogP contribution in [0.25, 0.3) is 0 Å². The Morgan fingerprint density at radius 1 is 1.21 bits per heavy atom. The van der Waals surface area contributed by atoms with Gasteiger partial charge in [-0.2, -0.15) is 13.2 Å². The average molecular weight is 413 g/mol. The summed E-state index contributed by atoms with van der Waals surface area (Å²) in [6.45, 7) is 2.79. The molecule has 6 nitrogen and oxygen atoms in total. The maximum atomic E-state index is 13.3. The van der Waals surface area contributed by atoms with Gasteiger partial charge >= 0.3 is 12.1 Å². The third kappa shape index (κ3) is 5.19. The number of rotatable bonds is 4. The van der Waals surface area contributed by atoms with Crippen LogP contribution in [0.4, 0.5) is 19.0 Å². The summed E-state index contributed by atoms with van der Waals surface area (Å²) in [5.41, 5.74) is -0.816. The predicted octanol–water partition coefficient (Wildman–Crippen LogP) is 3.26. The summed E-state index contributed by atoms with van der Waals surface area (Å²) in [6, 6.07) is 2.36. The number of carbonyl (C=O) groups is 2. The quantitative estimate of drug-likeness (QED) is 0.709. The van der Waals surface area contributed by atoms with Crippen LogP contribution < -0.4 is 4.90 Å². The average Bonchev–Trinajstić information content (AvgIpc) is 2.71. The number of hydrogen-bond donors (Lipinski definition) is 0. The van der Waals surface area contributed by atoms with Crippen molar-refractivity contribution in [2.75, 3.05) is 31.1 Å². The number of nitrogens with zero attached hydrogens (tertiary/aromatic N) is 3. The van der Waals surface area contributed by atoms with Crippen LogP contribution in [0, 0.1) is 5.92 Å². The van der Waals surface area contributed by atoms with E-state index in [1.807, 2.05) is 6.92 Å². The monoisotopic (exact) mass is 413 g/mol. The molecule has 0 radical (unpaired) electrons. The molecule has 0 bridgehead atoms. The number of likely N-dealkylation sites (tertiary alicyclic amines) is 1. The van der Waals surface area contributed by atoms with Gasteiger partial charge in [-0.1, -0.05) is 0 Å². The molecule has 2 fully saturated rings. The van der Waals surface area contributed by atoms with E-state index >= 15 is 0 Å². The van der Waals surface area contributed by atoms with E-state index in [1.54, 1.807) is 4.90 Å². The summed E-state index contributed by atoms with van der Waals surface area (Å²) in [4.78, 5) is 31.9. The smallest absolute Gasteiger partial charge is 0.419 e. The first-order valence-corrected chi connectivity index (χ1v) is 10.0. The Labute approximate surface area is 168 Å². The van der Waals surface area contributed by atoms with Gasteiger partial charge in [0.15, 0.2) is 6.61 Å². The Morgan fingerprint density at radius 3 is 2.72 bits per heavy atom. The molecule has 160 valence electrons. The Hall–Kier alpha value is -2.32. The third-order valence-electron chi connectivity index (χ3n) is 5.61. The lowest BCUT2D eigenvalue weighted by Crippen LogP contribution is -2.45. The van der Waals surface area contributed by atoms with Gasteiger partial charge in [-0.15, -0.1) is 0 Å². The highest BCUT2D eigenvalue weighted by Crippen LogP contribution is 2.36. The number of aromatic nitrogens is 1. The first kappa shape index (κ1) is 21.4. The van der Waals surface area contributed by atoms with Gasteiger partial charge in [0.1, 0.15) is 5.82 Å². The molecule has 1 aromatic rings. The lowest BCUT2D eigenvalue weighted by molar-refractivity contribution is -0.157. The topological polar surface area (TPSA) is 62.7 Å². The van der Waals surface area contributed by atoms with Crippen molar-refractivity contribution >= 4 is 17.7 Å². The molecule has 2 aliphatic heterocycles. The normalized spacial score (nSPS) is 23.0. The van der Waals surface area contributed by atoms with Gasteiger partial charge in [-0.05, 0) is 51.2 Å².